The Morgan fingerprint density at radius 1 is 1.40 bits per heavy atom. The topological polar surface area (TPSA) is 54.9 Å². The van der Waals surface area contributed by atoms with Crippen LogP contribution >= 0.6 is 0 Å². The number of aryl methyl sites for hydroxylation is 2. The van der Waals surface area contributed by atoms with Crippen LogP contribution in [0.5, 0.6) is 0 Å². The SMILES string of the molecule is CC.CCC(=O)Nc1cnc(C)nc1C. The van der Waals surface area contributed by atoms with Crippen molar-refractivity contribution in [2.24, 2.45) is 0 Å². The third-order valence-corrected chi connectivity index (χ3v) is 1.69. The molecule has 84 valence electrons. The van der Waals surface area contributed by atoms with Gasteiger partial charge in [0.1, 0.15) is 5.82 Å². The number of carbonyl (C=O) groups excluding carboxylic acids is 1. The lowest BCUT2D eigenvalue weighted by molar-refractivity contribution is -0.115. The number of hydrogen-bond donors (Lipinski definition) is 1. The minimum Gasteiger partial charge on any atom is -0.323 e. The predicted molar refractivity (Wildman–Crippen MR) is 61.8 cm³/mol. The molecule has 1 amide bonds. The van der Waals surface area contributed by atoms with Crippen LogP contribution in [0.4, 0.5) is 5.69 Å². The van der Waals surface area contributed by atoms with Gasteiger partial charge in [-0.15, -0.1) is 0 Å². The first kappa shape index (κ1) is 13.5. The van der Waals surface area contributed by atoms with Crippen molar-refractivity contribution in [2.45, 2.75) is 41.0 Å². The molecule has 0 radical (unpaired) electrons. The Hall–Kier alpha value is -1.45. The van der Waals surface area contributed by atoms with Crippen molar-refractivity contribution in [3.8, 4) is 0 Å². The molecule has 4 heteroatoms. The highest BCUT2D eigenvalue weighted by atomic mass is 16.1. The summed E-state index contributed by atoms with van der Waals surface area (Å²) in [5.41, 5.74) is 1.49. The van der Waals surface area contributed by atoms with E-state index in [1.807, 2.05) is 27.7 Å². The number of aromatic nitrogens is 2. The third kappa shape index (κ3) is 4.54. The average molecular weight is 209 g/mol. The Morgan fingerprint density at radius 3 is 2.47 bits per heavy atom. The summed E-state index contributed by atoms with van der Waals surface area (Å²) in [5, 5.41) is 2.72. The van der Waals surface area contributed by atoms with Crippen LogP contribution in [0.25, 0.3) is 0 Å². The van der Waals surface area contributed by atoms with Gasteiger partial charge in [0.25, 0.3) is 0 Å². The molecule has 1 aromatic heterocycles. The average Bonchev–Trinajstić information content (AvgIpc) is 2.25. The van der Waals surface area contributed by atoms with Crippen LogP contribution in [0.2, 0.25) is 0 Å². The quantitative estimate of drug-likeness (QED) is 0.814. The molecule has 0 saturated heterocycles. The van der Waals surface area contributed by atoms with Crippen LogP contribution < -0.4 is 5.32 Å². The maximum Gasteiger partial charge on any atom is 0.224 e. The fourth-order valence-corrected chi connectivity index (χ4v) is 0.945. The molecule has 0 aliphatic carbocycles. The van der Waals surface area contributed by atoms with Gasteiger partial charge in [0.2, 0.25) is 5.91 Å². The zero-order chi connectivity index (χ0) is 11.8. The van der Waals surface area contributed by atoms with E-state index >= 15 is 0 Å². The van der Waals surface area contributed by atoms with Gasteiger partial charge in [0.15, 0.2) is 0 Å². The standard InChI is InChI=1S/C9H13N3O.C2H6/c1-4-9(13)12-8-5-10-7(3)11-6(8)2;1-2/h5H,4H2,1-3H3,(H,12,13);1-2H3. The number of hydrogen-bond acceptors (Lipinski definition) is 3. The van der Waals surface area contributed by atoms with Crippen LogP contribution in [0.1, 0.15) is 38.7 Å². The van der Waals surface area contributed by atoms with Crippen LogP contribution in [0, 0.1) is 13.8 Å². The number of carbonyl (C=O) groups is 1. The molecule has 0 unspecified atom stereocenters. The third-order valence-electron chi connectivity index (χ3n) is 1.69. The Kier molecular flexibility index (Phi) is 6.25. The van der Waals surface area contributed by atoms with Crippen molar-refractivity contribution in [3.05, 3.63) is 17.7 Å². The fourth-order valence-electron chi connectivity index (χ4n) is 0.945. The van der Waals surface area contributed by atoms with Crippen molar-refractivity contribution in [1.82, 2.24) is 9.97 Å². The second kappa shape index (κ2) is 6.92. The lowest BCUT2D eigenvalue weighted by atomic mass is 10.3. The smallest absolute Gasteiger partial charge is 0.224 e. The number of nitrogens with zero attached hydrogens (tertiary/aromatic N) is 2. The Bertz CT molecular complexity index is 324. The van der Waals surface area contributed by atoms with Gasteiger partial charge in [-0.1, -0.05) is 20.8 Å². The van der Waals surface area contributed by atoms with E-state index in [0.717, 1.165) is 5.69 Å². The molecule has 0 atom stereocenters. The minimum atomic E-state index is -0.0180. The molecular weight excluding hydrogens is 190 g/mol. The molecule has 0 fully saturated rings. The Balaban J connectivity index is 0.000000921. The Labute approximate surface area is 91.1 Å². The predicted octanol–water partition coefficient (Wildman–Crippen LogP) is 2.47. The van der Waals surface area contributed by atoms with Crippen molar-refractivity contribution in [3.63, 3.8) is 0 Å². The molecule has 1 heterocycles. The monoisotopic (exact) mass is 209 g/mol. The zero-order valence-electron chi connectivity index (χ0n) is 10.1. The first-order valence-corrected chi connectivity index (χ1v) is 5.23. The van der Waals surface area contributed by atoms with Crippen molar-refractivity contribution in [1.29, 1.82) is 0 Å². The number of rotatable bonds is 2. The van der Waals surface area contributed by atoms with Gasteiger partial charge in [0, 0.05) is 6.42 Å². The molecule has 1 N–H and O–H groups in total. The van der Waals surface area contributed by atoms with Gasteiger partial charge < -0.3 is 5.32 Å². The van der Waals surface area contributed by atoms with Crippen LogP contribution in [0.15, 0.2) is 6.20 Å². The van der Waals surface area contributed by atoms with Crippen molar-refractivity contribution >= 4 is 11.6 Å². The van der Waals surface area contributed by atoms with Gasteiger partial charge in [-0.05, 0) is 13.8 Å². The number of amides is 1. The van der Waals surface area contributed by atoms with E-state index in [9.17, 15) is 4.79 Å². The largest absolute Gasteiger partial charge is 0.323 e. The van der Waals surface area contributed by atoms with Gasteiger partial charge >= 0.3 is 0 Å². The van der Waals surface area contributed by atoms with Gasteiger partial charge in [-0.25, -0.2) is 9.97 Å². The van der Waals surface area contributed by atoms with Crippen LogP contribution in [-0.2, 0) is 4.79 Å². The highest BCUT2D eigenvalue weighted by molar-refractivity contribution is 5.90. The second-order valence-electron chi connectivity index (χ2n) is 2.82. The van der Waals surface area contributed by atoms with Crippen LogP contribution in [0.3, 0.4) is 0 Å². The van der Waals surface area contributed by atoms with Crippen molar-refractivity contribution in [2.75, 3.05) is 5.32 Å². The van der Waals surface area contributed by atoms with E-state index in [1.165, 1.54) is 0 Å². The number of nitrogens with one attached hydrogen (secondary N) is 1. The first-order chi connectivity index (χ1) is 7.13. The summed E-state index contributed by atoms with van der Waals surface area (Å²) in [4.78, 5) is 19.2. The first-order valence-electron chi connectivity index (χ1n) is 5.23. The summed E-state index contributed by atoms with van der Waals surface area (Å²) in [7, 11) is 0. The summed E-state index contributed by atoms with van der Waals surface area (Å²) in [5.74, 6) is 0.697. The normalized spacial score (nSPS) is 8.87. The lowest BCUT2D eigenvalue weighted by Crippen LogP contribution is -2.11. The van der Waals surface area contributed by atoms with Crippen molar-refractivity contribution < 1.29 is 4.79 Å². The molecule has 0 aliphatic heterocycles. The molecule has 1 aromatic rings. The Morgan fingerprint density at radius 2 is 2.00 bits per heavy atom. The molecule has 0 aromatic carbocycles. The molecule has 0 bridgehead atoms. The number of anilines is 1. The molecule has 0 aliphatic rings. The molecule has 0 saturated carbocycles. The minimum absolute atomic E-state index is 0.0180. The summed E-state index contributed by atoms with van der Waals surface area (Å²) in [6, 6.07) is 0. The highest BCUT2D eigenvalue weighted by Gasteiger charge is 2.03. The summed E-state index contributed by atoms with van der Waals surface area (Å²) in [6.07, 6.45) is 2.10. The van der Waals surface area contributed by atoms with Gasteiger partial charge in [-0.2, -0.15) is 0 Å². The maximum atomic E-state index is 11.1. The van der Waals surface area contributed by atoms with E-state index in [-0.39, 0.29) is 5.91 Å². The van der Waals surface area contributed by atoms with E-state index in [2.05, 4.69) is 15.3 Å². The molecule has 4 nitrogen and oxygen atoms in total. The van der Waals surface area contributed by atoms with Gasteiger partial charge in [-0.3, -0.25) is 4.79 Å². The molecular formula is C11H19N3O. The van der Waals surface area contributed by atoms with E-state index in [4.69, 9.17) is 0 Å². The highest BCUT2D eigenvalue weighted by Crippen LogP contribution is 2.10. The summed E-state index contributed by atoms with van der Waals surface area (Å²) >= 11 is 0. The van der Waals surface area contributed by atoms with E-state index < -0.39 is 0 Å². The van der Waals surface area contributed by atoms with Gasteiger partial charge in [0.05, 0.1) is 17.6 Å². The molecule has 0 spiro atoms. The maximum absolute atomic E-state index is 11.1. The van der Waals surface area contributed by atoms with E-state index in [1.54, 1.807) is 13.1 Å². The second-order valence-corrected chi connectivity index (χ2v) is 2.82. The summed E-state index contributed by atoms with van der Waals surface area (Å²) < 4.78 is 0. The summed E-state index contributed by atoms with van der Waals surface area (Å²) in [6.45, 7) is 9.47. The molecule has 1 rings (SSSR count). The lowest BCUT2D eigenvalue weighted by Gasteiger charge is -2.05. The molecule has 15 heavy (non-hydrogen) atoms. The van der Waals surface area contributed by atoms with Crippen LogP contribution in [-0.4, -0.2) is 15.9 Å². The fraction of sp³-hybridized carbons (Fsp3) is 0.545. The zero-order valence-corrected chi connectivity index (χ0v) is 10.1. The van der Waals surface area contributed by atoms with E-state index in [0.29, 0.717) is 17.9 Å².